The summed E-state index contributed by atoms with van der Waals surface area (Å²) < 4.78 is 30.1. The number of methoxy groups -OCH3 is 1. The van der Waals surface area contributed by atoms with E-state index >= 15 is 0 Å². The van der Waals surface area contributed by atoms with Gasteiger partial charge in [-0.25, -0.2) is 18.5 Å². The Hall–Kier alpha value is -2.14. The van der Waals surface area contributed by atoms with Crippen molar-refractivity contribution in [3.8, 4) is 5.75 Å². The number of benzene rings is 2. The third-order valence-corrected chi connectivity index (χ3v) is 6.47. The van der Waals surface area contributed by atoms with Crippen LogP contribution in [0.25, 0.3) is 10.2 Å². The van der Waals surface area contributed by atoms with Gasteiger partial charge in [0.05, 0.1) is 23.1 Å². The van der Waals surface area contributed by atoms with Gasteiger partial charge in [0.1, 0.15) is 10.6 Å². The summed E-state index contributed by atoms with van der Waals surface area (Å²) in [6.45, 7) is 0. The van der Waals surface area contributed by atoms with Crippen molar-refractivity contribution in [2.75, 3.05) is 18.2 Å². The Bertz CT molecular complexity index is 1030. The van der Waals surface area contributed by atoms with Gasteiger partial charge in [-0.2, -0.15) is 0 Å². The Morgan fingerprint density at radius 1 is 1.31 bits per heavy atom. The molecule has 1 heterocycles. The van der Waals surface area contributed by atoms with E-state index in [1.165, 1.54) is 42.3 Å². The standard InChI is InChI=1S/C16H15N3O4S3/c1-23-12-7-6-10(8-14(12)26(17,21)22)18-15(20)9-24-16-19-11-4-2-3-5-13(11)25-16/h2-8H,9H2,1H3,(H,18,20)(H2,17,21,22). The number of carbonyl (C=O) groups is 1. The number of sulfonamides is 1. The van der Waals surface area contributed by atoms with Gasteiger partial charge < -0.3 is 10.1 Å². The van der Waals surface area contributed by atoms with Gasteiger partial charge in [-0.3, -0.25) is 4.79 Å². The normalized spacial score (nSPS) is 11.5. The number of hydrogen-bond donors (Lipinski definition) is 2. The molecule has 0 bridgehead atoms. The highest BCUT2D eigenvalue weighted by Gasteiger charge is 2.16. The molecule has 2 aromatic carbocycles. The van der Waals surface area contributed by atoms with Gasteiger partial charge in [0.2, 0.25) is 15.9 Å². The lowest BCUT2D eigenvalue weighted by Crippen LogP contribution is -2.16. The van der Waals surface area contributed by atoms with Crippen molar-refractivity contribution in [2.45, 2.75) is 9.24 Å². The highest BCUT2D eigenvalue weighted by Crippen LogP contribution is 2.30. The van der Waals surface area contributed by atoms with Crippen LogP contribution in [0.15, 0.2) is 51.7 Å². The number of carbonyl (C=O) groups excluding carboxylic acids is 1. The smallest absolute Gasteiger partial charge is 0.241 e. The maximum atomic E-state index is 12.1. The number of nitrogens with one attached hydrogen (secondary N) is 1. The highest BCUT2D eigenvalue weighted by molar-refractivity contribution is 8.01. The zero-order chi connectivity index (χ0) is 18.7. The SMILES string of the molecule is COc1ccc(NC(=O)CSc2nc3ccccc3s2)cc1S(N)(=O)=O. The van der Waals surface area contributed by atoms with E-state index in [2.05, 4.69) is 10.3 Å². The lowest BCUT2D eigenvalue weighted by Gasteiger charge is -2.10. The van der Waals surface area contributed by atoms with Gasteiger partial charge in [0.25, 0.3) is 0 Å². The molecule has 0 atom stereocenters. The zero-order valence-corrected chi connectivity index (χ0v) is 16.1. The molecule has 1 amide bonds. The summed E-state index contributed by atoms with van der Waals surface area (Å²) >= 11 is 2.83. The van der Waals surface area contributed by atoms with E-state index in [1.54, 1.807) is 6.07 Å². The molecule has 3 rings (SSSR count). The number of para-hydroxylation sites is 1. The second-order valence-corrected chi connectivity index (χ2v) is 8.98. The van der Waals surface area contributed by atoms with Crippen LogP contribution in [0.4, 0.5) is 5.69 Å². The number of thioether (sulfide) groups is 1. The number of nitrogens with two attached hydrogens (primary N) is 1. The fourth-order valence-electron chi connectivity index (χ4n) is 2.21. The first-order valence-electron chi connectivity index (χ1n) is 7.36. The molecule has 0 unspecified atom stereocenters. The van der Waals surface area contributed by atoms with E-state index in [0.29, 0.717) is 5.69 Å². The van der Waals surface area contributed by atoms with E-state index in [0.717, 1.165) is 14.6 Å². The van der Waals surface area contributed by atoms with Crippen LogP contribution in [0.5, 0.6) is 5.75 Å². The Balaban J connectivity index is 1.68. The van der Waals surface area contributed by atoms with E-state index < -0.39 is 10.0 Å². The molecule has 10 heteroatoms. The largest absolute Gasteiger partial charge is 0.495 e. The molecule has 0 radical (unpaired) electrons. The zero-order valence-electron chi connectivity index (χ0n) is 13.6. The minimum absolute atomic E-state index is 0.120. The minimum atomic E-state index is -3.96. The molecule has 0 aliphatic heterocycles. The second-order valence-electron chi connectivity index (χ2n) is 5.19. The molecular weight excluding hydrogens is 394 g/mol. The summed E-state index contributed by atoms with van der Waals surface area (Å²) in [6, 6.07) is 12.0. The van der Waals surface area contributed by atoms with Crippen LogP contribution in [0.3, 0.4) is 0 Å². The first-order valence-corrected chi connectivity index (χ1v) is 10.7. The first kappa shape index (κ1) is 18.6. The van der Waals surface area contributed by atoms with Crippen molar-refractivity contribution in [1.29, 1.82) is 0 Å². The molecule has 0 aliphatic rings. The molecule has 3 N–H and O–H groups in total. The Labute approximate surface area is 158 Å². The maximum absolute atomic E-state index is 12.1. The molecule has 26 heavy (non-hydrogen) atoms. The number of ether oxygens (including phenoxy) is 1. The fraction of sp³-hybridized carbons (Fsp3) is 0.125. The highest BCUT2D eigenvalue weighted by atomic mass is 32.2. The summed E-state index contributed by atoms with van der Waals surface area (Å²) in [4.78, 5) is 16.4. The van der Waals surface area contributed by atoms with E-state index in [9.17, 15) is 13.2 Å². The van der Waals surface area contributed by atoms with E-state index in [-0.39, 0.29) is 22.3 Å². The van der Waals surface area contributed by atoms with Crippen molar-refractivity contribution in [3.63, 3.8) is 0 Å². The second kappa shape index (κ2) is 7.62. The summed E-state index contributed by atoms with van der Waals surface area (Å²) in [5.41, 5.74) is 1.22. The Kier molecular flexibility index (Phi) is 5.47. The van der Waals surface area contributed by atoms with Gasteiger partial charge >= 0.3 is 0 Å². The van der Waals surface area contributed by atoms with E-state index in [4.69, 9.17) is 9.88 Å². The van der Waals surface area contributed by atoms with Crippen molar-refractivity contribution in [1.82, 2.24) is 4.98 Å². The van der Waals surface area contributed by atoms with Gasteiger partial charge in [-0.05, 0) is 30.3 Å². The van der Waals surface area contributed by atoms with Crippen LogP contribution in [0.2, 0.25) is 0 Å². The van der Waals surface area contributed by atoms with Gasteiger partial charge in [0, 0.05) is 5.69 Å². The molecule has 136 valence electrons. The number of fused-ring (bicyclic) bond motifs is 1. The predicted molar refractivity (Wildman–Crippen MR) is 103 cm³/mol. The summed E-state index contributed by atoms with van der Waals surface area (Å²) in [5, 5.41) is 7.82. The number of hydrogen-bond acceptors (Lipinski definition) is 7. The van der Waals surface area contributed by atoms with E-state index in [1.807, 2.05) is 24.3 Å². The van der Waals surface area contributed by atoms with Gasteiger partial charge in [0.15, 0.2) is 4.34 Å². The molecule has 0 spiro atoms. The predicted octanol–water partition coefficient (Wildman–Crippen LogP) is 2.68. The molecule has 3 aromatic rings. The average Bonchev–Trinajstić information content (AvgIpc) is 3.02. The Morgan fingerprint density at radius 3 is 2.77 bits per heavy atom. The van der Waals surface area contributed by atoms with Gasteiger partial charge in [-0.1, -0.05) is 23.9 Å². The quantitative estimate of drug-likeness (QED) is 0.606. The molecule has 0 fully saturated rings. The van der Waals surface area contributed by atoms with Crippen molar-refractivity contribution < 1.29 is 17.9 Å². The average molecular weight is 410 g/mol. The molecular formula is C16H15N3O4S3. The number of rotatable bonds is 6. The number of nitrogens with zero attached hydrogens (tertiary/aromatic N) is 1. The van der Waals surface area contributed by atoms with Crippen LogP contribution < -0.4 is 15.2 Å². The summed E-state index contributed by atoms with van der Waals surface area (Å²) in [6.07, 6.45) is 0. The minimum Gasteiger partial charge on any atom is -0.495 e. The monoisotopic (exact) mass is 409 g/mol. The number of primary sulfonamides is 1. The van der Waals surface area contributed by atoms with Crippen LogP contribution >= 0.6 is 23.1 Å². The van der Waals surface area contributed by atoms with Gasteiger partial charge in [-0.15, -0.1) is 11.3 Å². The lowest BCUT2D eigenvalue weighted by molar-refractivity contribution is -0.113. The number of anilines is 1. The van der Waals surface area contributed by atoms with Crippen LogP contribution in [-0.2, 0) is 14.8 Å². The molecule has 0 saturated carbocycles. The third-order valence-electron chi connectivity index (χ3n) is 3.35. The maximum Gasteiger partial charge on any atom is 0.241 e. The number of amides is 1. The van der Waals surface area contributed by atoms with Crippen molar-refractivity contribution in [3.05, 3.63) is 42.5 Å². The van der Waals surface area contributed by atoms with Crippen LogP contribution in [-0.4, -0.2) is 32.2 Å². The fourth-order valence-corrected chi connectivity index (χ4v) is 4.81. The molecule has 1 aromatic heterocycles. The summed E-state index contributed by atoms with van der Waals surface area (Å²) in [5.74, 6) is -0.00884. The Morgan fingerprint density at radius 2 is 2.08 bits per heavy atom. The topological polar surface area (TPSA) is 111 Å². The first-order chi connectivity index (χ1) is 12.4. The van der Waals surface area contributed by atoms with Crippen molar-refractivity contribution in [2.24, 2.45) is 5.14 Å². The third kappa shape index (κ3) is 4.33. The summed E-state index contributed by atoms with van der Waals surface area (Å²) in [7, 11) is -2.62. The number of aromatic nitrogens is 1. The molecule has 0 aliphatic carbocycles. The van der Waals surface area contributed by atoms with Crippen molar-refractivity contribution >= 4 is 54.9 Å². The van der Waals surface area contributed by atoms with Crippen LogP contribution in [0.1, 0.15) is 0 Å². The molecule has 0 saturated heterocycles. The number of thiazole rings is 1. The van der Waals surface area contributed by atoms with Crippen LogP contribution in [0, 0.1) is 0 Å². The lowest BCUT2D eigenvalue weighted by atomic mass is 10.3. The molecule has 7 nitrogen and oxygen atoms in total.